The largest absolute Gasteiger partial charge is 0.495 e. The van der Waals surface area contributed by atoms with Gasteiger partial charge in [-0.25, -0.2) is 9.97 Å². The first-order chi connectivity index (χ1) is 12.6. The molecule has 0 saturated carbocycles. The van der Waals surface area contributed by atoms with Crippen molar-refractivity contribution < 1.29 is 9.84 Å². The van der Waals surface area contributed by atoms with E-state index in [-0.39, 0.29) is 12.6 Å². The molecule has 3 aromatic rings. The van der Waals surface area contributed by atoms with Crippen LogP contribution in [0.4, 0.5) is 11.6 Å². The third kappa shape index (κ3) is 3.63. The van der Waals surface area contributed by atoms with Crippen LogP contribution in [0.5, 0.6) is 5.75 Å². The van der Waals surface area contributed by atoms with Gasteiger partial charge in [-0.05, 0) is 24.6 Å². The summed E-state index contributed by atoms with van der Waals surface area (Å²) in [6, 6.07) is 7.30. The molecule has 1 unspecified atom stereocenters. The van der Waals surface area contributed by atoms with Crippen molar-refractivity contribution in [2.75, 3.05) is 19.0 Å². The van der Waals surface area contributed by atoms with Crippen LogP contribution in [-0.2, 0) is 0 Å². The molecular formula is C18H18N6O2. The Labute approximate surface area is 150 Å². The van der Waals surface area contributed by atoms with E-state index < -0.39 is 0 Å². The Bertz CT molecular complexity index is 930. The van der Waals surface area contributed by atoms with Gasteiger partial charge in [-0.2, -0.15) is 10.4 Å². The zero-order valence-electron chi connectivity index (χ0n) is 14.4. The van der Waals surface area contributed by atoms with Gasteiger partial charge in [-0.1, -0.05) is 6.07 Å². The summed E-state index contributed by atoms with van der Waals surface area (Å²) in [6.07, 6.45) is 6.81. The van der Waals surface area contributed by atoms with E-state index in [0.717, 1.165) is 16.8 Å². The fraction of sp³-hybridized carbons (Fsp3) is 0.222. The Morgan fingerprint density at radius 2 is 2.04 bits per heavy atom. The van der Waals surface area contributed by atoms with Crippen LogP contribution in [0.1, 0.15) is 18.5 Å². The van der Waals surface area contributed by atoms with E-state index in [1.165, 1.54) is 7.11 Å². The lowest BCUT2D eigenvalue weighted by atomic mass is 10.1. The number of nitrogens with zero attached hydrogens (tertiary/aromatic N) is 5. The summed E-state index contributed by atoms with van der Waals surface area (Å²) in [4.78, 5) is 8.62. The molecule has 0 saturated heterocycles. The number of rotatable bonds is 6. The summed E-state index contributed by atoms with van der Waals surface area (Å²) in [5.74, 6) is 0.947. The Morgan fingerprint density at radius 1 is 1.27 bits per heavy atom. The van der Waals surface area contributed by atoms with Crippen LogP contribution in [0, 0.1) is 11.3 Å². The van der Waals surface area contributed by atoms with Crippen LogP contribution in [0.3, 0.4) is 0 Å². The molecule has 2 heterocycles. The number of anilines is 2. The summed E-state index contributed by atoms with van der Waals surface area (Å²) in [6.45, 7) is 1.88. The summed E-state index contributed by atoms with van der Waals surface area (Å²) >= 11 is 0. The first kappa shape index (κ1) is 17.4. The monoisotopic (exact) mass is 350 g/mol. The zero-order valence-corrected chi connectivity index (χ0v) is 14.4. The number of benzene rings is 1. The number of nitrogens with one attached hydrogen (secondary N) is 1. The van der Waals surface area contributed by atoms with Crippen molar-refractivity contribution >= 4 is 11.6 Å². The second-order valence-electron chi connectivity index (χ2n) is 5.69. The lowest BCUT2D eigenvalue weighted by molar-refractivity contribution is 0.230. The molecule has 1 atom stereocenters. The number of methoxy groups -OCH3 is 1. The van der Waals surface area contributed by atoms with Crippen molar-refractivity contribution in [3.05, 3.63) is 48.5 Å². The number of aromatic nitrogens is 4. The predicted molar refractivity (Wildman–Crippen MR) is 96.0 cm³/mol. The van der Waals surface area contributed by atoms with Crippen LogP contribution in [0.15, 0.2) is 43.0 Å². The van der Waals surface area contributed by atoms with E-state index in [1.807, 2.05) is 13.0 Å². The molecule has 3 rings (SSSR count). The summed E-state index contributed by atoms with van der Waals surface area (Å²) < 4.78 is 6.90. The van der Waals surface area contributed by atoms with E-state index in [0.29, 0.717) is 17.3 Å². The molecule has 2 N–H and O–H groups in total. The molecule has 2 aromatic heterocycles. The fourth-order valence-corrected chi connectivity index (χ4v) is 2.36. The zero-order chi connectivity index (χ0) is 18.5. The highest BCUT2D eigenvalue weighted by Gasteiger charge is 2.08. The van der Waals surface area contributed by atoms with Gasteiger partial charge in [0, 0.05) is 24.2 Å². The topological polar surface area (TPSA) is 109 Å². The third-order valence-corrected chi connectivity index (χ3v) is 3.88. The molecule has 8 nitrogen and oxygen atoms in total. The SMILES string of the molecule is COc1cc(-c2cnc(Nc3cnn(C(C)CO)c3)nc2)ccc1C#N. The van der Waals surface area contributed by atoms with Crippen molar-refractivity contribution in [3.63, 3.8) is 0 Å². The quantitative estimate of drug-likeness (QED) is 0.703. The van der Waals surface area contributed by atoms with Crippen LogP contribution < -0.4 is 10.1 Å². The number of ether oxygens (including phenoxy) is 1. The Balaban J connectivity index is 1.76. The lowest BCUT2D eigenvalue weighted by Gasteiger charge is -2.08. The minimum Gasteiger partial charge on any atom is -0.495 e. The molecule has 132 valence electrons. The predicted octanol–water partition coefficient (Wildman–Crippen LogP) is 2.52. The summed E-state index contributed by atoms with van der Waals surface area (Å²) in [5.41, 5.74) is 2.88. The molecule has 0 aliphatic rings. The molecule has 8 heteroatoms. The van der Waals surface area contributed by atoms with E-state index in [9.17, 15) is 0 Å². The maximum Gasteiger partial charge on any atom is 0.227 e. The molecule has 1 aromatic carbocycles. The smallest absolute Gasteiger partial charge is 0.227 e. The van der Waals surface area contributed by atoms with Gasteiger partial charge < -0.3 is 15.2 Å². The van der Waals surface area contributed by atoms with Crippen LogP contribution in [0.25, 0.3) is 11.1 Å². The number of aliphatic hydroxyl groups is 1. The van der Waals surface area contributed by atoms with E-state index in [1.54, 1.807) is 41.6 Å². The van der Waals surface area contributed by atoms with Crippen molar-refractivity contribution in [2.24, 2.45) is 0 Å². The number of nitriles is 1. The highest BCUT2D eigenvalue weighted by atomic mass is 16.5. The van der Waals surface area contributed by atoms with Crippen LogP contribution in [-0.4, -0.2) is 38.6 Å². The first-order valence-electron chi connectivity index (χ1n) is 7.97. The fourth-order valence-electron chi connectivity index (χ4n) is 2.36. The highest BCUT2D eigenvalue weighted by molar-refractivity contribution is 5.66. The Kier molecular flexibility index (Phi) is 5.10. The van der Waals surface area contributed by atoms with Gasteiger partial charge in [-0.15, -0.1) is 0 Å². The van der Waals surface area contributed by atoms with Crippen molar-refractivity contribution in [3.8, 4) is 22.9 Å². The maximum absolute atomic E-state index is 9.16. The lowest BCUT2D eigenvalue weighted by Crippen LogP contribution is -2.09. The number of hydrogen-bond acceptors (Lipinski definition) is 7. The van der Waals surface area contributed by atoms with Crippen molar-refractivity contribution in [1.29, 1.82) is 5.26 Å². The first-order valence-corrected chi connectivity index (χ1v) is 7.97. The Hall–Kier alpha value is -3.44. The van der Waals surface area contributed by atoms with Gasteiger partial charge in [-0.3, -0.25) is 4.68 Å². The minimum absolute atomic E-state index is 0.0143. The van der Waals surface area contributed by atoms with E-state index in [4.69, 9.17) is 15.1 Å². The second kappa shape index (κ2) is 7.63. The number of hydrogen-bond donors (Lipinski definition) is 2. The highest BCUT2D eigenvalue weighted by Crippen LogP contribution is 2.26. The van der Waals surface area contributed by atoms with Crippen molar-refractivity contribution in [1.82, 2.24) is 19.7 Å². The van der Waals surface area contributed by atoms with Gasteiger partial charge in [0.15, 0.2) is 0 Å². The summed E-state index contributed by atoms with van der Waals surface area (Å²) in [7, 11) is 1.53. The van der Waals surface area contributed by atoms with Gasteiger partial charge in [0.1, 0.15) is 11.8 Å². The standard InChI is InChI=1S/C18H18N6O2/c1-12(11-25)24-10-16(9-22-24)23-18-20-7-15(8-21-18)13-3-4-14(6-19)17(5-13)26-2/h3-5,7-10,12,25H,11H2,1-2H3,(H,20,21,23). The molecule has 0 bridgehead atoms. The number of aliphatic hydroxyl groups excluding tert-OH is 1. The van der Waals surface area contributed by atoms with Crippen LogP contribution in [0.2, 0.25) is 0 Å². The molecule has 0 spiro atoms. The van der Waals surface area contributed by atoms with Crippen molar-refractivity contribution in [2.45, 2.75) is 13.0 Å². The van der Waals surface area contributed by atoms with Gasteiger partial charge >= 0.3 is 0 Å². The van der Waals surface area contributed by atoms with Crippen LogP contribution >= 0.6 is 0 Å². The molecule has 0 amide bonds. The summed E-state index contributed by atoms with van der Waals surface area (Å²) in [5, 5.41) is 25.5. The molecule has 0 aliphatic heterocycles. The third-order valence-electron chi connectivity index (χ3n) is 3.88. The normalized spacial score (nSPS) is 11.6. The molecule has 26 heavy (non-hydrogen) atoms. The Morgan fingerprint density at radius 3 is 2.69 bits per heavy atom. The molecule has 0 radical (unpaired) electrons. The molecule has 0 aliphatic carbocycles. The van der Waals surface area contributed by atoms with Gasteiger partial charge in [0.25, 0.3) is 0 Å². The molecule has 0 fully saturated rings. The minimum atomic E-state index is -0.0970. The van der Waals surface area contributed by atoms with E-state index in [2.05, 4.69) is 26.5 Å². The van der Waals surface area contributed by atoms with Gasteiger partial charge in [0.05, 0.1) is 37.2 Å². The average Bonchev–Trinajstić information content (AvgIpc) is 3.16. The van der Waals surface area contributed by atoms with Gasteiger partial charge in [0.2, 0.25) is 5.95 Å². The molecular weight excluding hydrogens is 332 g/mol. The average molecular weight is 350 g/mol. The second-order valence-corrected chi connectivity index (χ2v) is 5.69. The maximum atomic E-state index is 9.16. The van der Waals surface area contributed by atoms with E-state index >= 15 is 0 Å².